The highest BCUT2D eigenvalue weighted by Gasteiger charge is 2.24. The first kappa shape index (κ1) is 23.4. The standard InChI is InChI=1S/C24H15BrFN3O4S/c1-15-3-2-12-29-22(15)28-23(33-18-8-6-17(26)7-9-18)21(24(29)30)13-20(14-27)34(31,32)19-10-4-16(25)5-11-19/h2-13H,1H3/b20-13-. The van der Waals surface area contributed by atoms with E-state index in [0.717, 1.165) is 6.08 Å². The lowest BCUT2D eigenvalue weighted by atomic mass is 10.2. The van der Waals surface area contributed by atoms with Gasteiger partial charge in [-0.2, -0.15) is 10.2 Å². The molecule has 0 N–H and O–H groups in total. The first-order valence-electron chi connectivity index (χ1n) is 9.78. The summed E-state index contributed by atoms with van der Waals surface area (Å²) in [5, 5.41) is 9.68. The van der Waals surface area contributed by atoms with Gasteiger partial charge in [0, 0.05) is 10.7 Å². The summed E-state index contributed by atoms with van der Waals surface area (Å²) in [7, 11) is -4.24. The van der Waals surface area contributed by atoms with Crippen molar-refractivity contribution in [3.8, 4) is 17.7 Å². The molecule has 7 nitrogen and oxygen atoms in total. The van der Waals surface area contributed by atoms with Crippen LogP contribution in [0.25, 0.3) is 11.7 Å². The molecule has 0 unspecified atom stereocenters. The minimum atomic E-state index is -4.24. The van der Waals surface area contributed by atoms with Gasteiger partial charge in [0.1, 0.15) is 33.8 Å². The lowest BCUT2D eigenvalue weighted by Crippen LogP contribution is -2.20. The van der Waals surface area contributed by atoms with Crippen molar-refractivity contribution in [3.05, 3.63) is 104 Å². The third-order valence-electron chi connectivity index (χ3n) is 4.88. The zero-order valence-corrected chi connectivity index (χ0v) is 20.0. The molecule has 0 radical (unpaired) electrons. The van der Waals surface area contributed by atoms with E-state index in [1.54, 1.807) is 25.1 Å². The molecule has 10 heteroatoms. The molecule has 0 saturated heterocycles. The number of allylic oxidation sites excluding steroid dienone is 1. The van der Waals surface area contributed by atoms with Crippen molar-refractivity contribution in [1.82, 2.24) is 9.38 Å². The molecule has 4 aromatic rings. The van der Waals surface area contributed by atoms with Crippen molar-refractivity contribution in [2.75, 3.05) is 0 Å². The monoisotopic (exact) mass is 539 g/mol. The minimum absolute atomic E-state index is 0.116. The number of sulfone groups is 1. The molecule has 0 fully saturated rings. The number of aryl methyl sites for hydroxylation is 1. The first-order chi connectivity index (χ1) is 16.2. The summed E-state index contributed by atoms with van der Waals surface area (Å²) in [5.74, 6) is -0.526. The zero-order valence-electron chi connectivity index (χ0n) is 17.6. The molecule has 0 saturated carbocycles. The molecule has 34 heavy (non-hydrogen) atoms. The number of pyridine rings is 1. The Morgan fingerprint density at radius 1 is 1.15 bits per heavy atom. The van der Waals surface area contributed by atoms with Gasteiger partial charge in [-0.15, -0.1) is 0 Å². The molecule has 4 rings (SSSR count). The Balaban J connectivity index is 1.95. The van der Waals surface area contributed by atoms with E-state index in [1.165, 1.54) is 59.1 Å². The van der Waals surface area contributed by atoms with Crippen LogP contribution in [0.3, 0.4) is 0 Å². The first-order valence-corrected chi connectivity index (χ1v) is 12.1. The summed E-state index contributed by atoms with van der Waals surface area (Å²) < 4.78 is 47.2. The number of halogens is 2. The highest BCUT2D eigenvalue weighted by Crippen LogP contribution is 2.28. The quantitative estimate of drug-likeness (QED) is 0.329. The number of nitriles is 1. The highest BCUT2D eigenvalue weighted by atomic mass is 79.9. The molecule has 0 aliphatic rings. The molecule has 2 aromatic heterocycles. The van der Waals surface area contributed by atoms with Crippen molar-refractivity contribution in [1.29, 1.82) is 5.26 Å². The maximum absolute atomic E-state index is 13.3. The summed E-state index contributed by atoms with van der Waals surface area (Å²) in [6.07, 6.45) is 2.42. The average molecular weight is 540 g/mol. The number of hydrogen-bond acceptors (Lipinski definition) is 6. The molecule has 2 aromatic carbocycles. The van der Waals surface area contributed by atoms with Crippen LogP contribution in [0.5, 0.6) is 11.6 Å². The van der Waals surface area contributed by atoms with Gasteiger partial charge < -0.3 is 4.74 Å². The van der Waals surface area contributed by atoms with Crippen molar-refractivity contribution in [2.45, 2.75) is 11.8 Å². The van der Waals surface area contributed by atoms with Crippen molar-refractivity contribution in [3.63, 3.8) is 0 Å². The van der Waals surface area contributed by atoms with E-state index >= 15 is 0 Å². The van der Waals surface area contributed by atoms with Crippen molar-refractivity contribution in [2.24, 2.45) is 0 Å². The molecule has 0 spiro atoms. The number of aromatic nitrogens is 2. The number of hydrogen-bond donors (Lipinski definition) is 0. The average Bonchev–Trinajstić information content (AvgIpc) is 2.81. The second kappa shape index (κ2) is 9.21. The van der Waals surface area contributed by atoms with E-state index in [1.807, 2.05) is 0 Å². The van der Waals surface area contributed by atoms with Crippen LogP contribution in [0.15, 0.2) is 85.9 Å². The topological polar surface area (TPSA) is 102 Å². The number of fused-ring (bicyclic) bond motifs is 1. The van der Waals surface area contributed by atoms with Crippen LogP contribution in [0.2, 0.25) is 0 Å². The van der Waals surface area contributed by atoms with E-state index < -0.39 is 26.1 Å². The molecular formula is C24H15BrFN3O4S. The Hall–Kier alpha value is -3.81. The maximum Gasteiger partial charge on any atom is 0.269 e. The summed E-state index contributed by atoms with van der Waals surface area (Å²) >= 11 is 3.24. The Kier molecular flexibility index (Phi) is 6.32. The van der Waals surface area contributed by atoms with Crippen LogP contribution in [0.4, 0.5) is 4.39 Å². The molecule has 2 heterocycles. The van der Waals surface area contributed by atoms with Crippen LogP contribution in [-0.4, -0.2) is 17.8 Å². The summed E-state index contributed by atoms with van der Waals surface area (Å²) in [6, 6.07) is 15.8. The molecule has 0 aliphatic heterocycles. The molecule has 0 atom stereocenters. The van der Waals surface area contributed by atoms with Gasteiger partial charge in [-0.25, -0.2) is 12.8 Å². The predicted molar refractivity (Wildman–Crippen MR) is 128 cm³/mol. The number of rotatable bonds is 5. The van der Waals surface area contributed by atoms with Crippen LogP contribution in [0.1, 0.15) is 11.1 Å². The highest BCUT2D eigenvalue weighted by molar-refractivity contribution is 9.10. The third-order valence-corrected chi connectivity index (χ3v) is 7.09. The molecule has 170 valence electrons. The SMILES string of the molecule is Cc1cccn2c(=O)c(/C=C(/C#N)S(=O)(=O)c3ccc(Br)cc3)c(Oc3ccc(F)cc3)nc12. The molecule has 0 aliphatic carbocycles. The Morgan fingerprint density at radius 2 is 1.82 bits per heavy atom. The van der Waals surface area contributed by atoms with Gasteiger partial charge in [0.25, 0.3) is 5.56 Å². The predicted octanol–water partition coefficient (Wildman–Crippen LogP) is 5.04. The van der Waals surface area contributed by atoms with Crippen LogP contribution < -0.4 is 10.3 Å². The van der Waals surface area contributed by atoms with E-state index in [9.17, 15) is 22.9 Å². The fourth-order valence-electron chi connectivity index (χ4n) is 3.15. The largest absolute Gasteiger partial charge is 0.438 e. The Bertz CT molecular complexity index is 1640. The van der Waals surface area contributed by atoms with Crippen LogP contribution >= 0.6 is 15.9 Å². The molecule has 0 bridgehead atoms. The second-order valence-corrected chi connectivity index (χ2v) is 9.99. The van der Waals surface area contributed by atoms with Gasteiger partial charge in [0.2, 0.25) is 15.7 Å². The number of benzene rings is 2. The minimum Gasteiger partial charge on any atom is -0.438 e. The summed E-state index contributed by atoms with van der Waals surface area (Å²) in [4.78, 5) is 17.0. The lowest BCUT2D eigenvalue weighted by molar-refractivity contribution is 0.459. The van der Waals surface area contributed by atoms with E-state index in [-0.39, 0.29) is 27.7 Å². The second-order valence-electron chi connectivity index (χ2n) is 7.15. The lowest BCUT2D eigenvalue weighted by Gasteiger charge is -2.11. The van der Waals surface area contributed by atoms with Gasteiger partial charge in [0.05, 0.1) is 4.90 Å². The van der Waals surface area contributed by atoms with Gasteiger partial charge in [0.15, 0.2) is 0 Å². The molecular weight excluding hydrogens is 525 g/mol. The van der Waals surface area contributed by atoms with Gasteiger partial charge >= 0.3 is 0 Å². The van der Waals surface area contributed by atoms with Gasteiger partial charge in [-0.3, -0.25) is 9.20 Å². The Labute approximate surface area is 202 Å². The fraction of sp³-hybridized carbons (Fsp3) is 0.0417. The summed E-state index contributed by atoms with van der Waals surface area (Å²) in [6.45, 7) is 1.75. The number of ether oxygens (including phenoxy) is 1. The zero-order chi connectivity index (χ0) is 24.5. The third kappa shape index (κ3) is 4.48. The van der Waals surface area contributed by atoms with E-state index in [0.29, 0.717) is 10.0 Å². The summed E-state index contributed by atoms with van der Waals surface area (Å²) in [5.41, 5.74) is 0.0762. The normalized spacial score (nSPS) is 11.9. The van der Waals surface area contributed by atoms with Crippen molar-refractivity contribution >= 4 is 37.5 Å². The van der Waals surface area contributed by atoms with E-state index in [4.69, 9.17) is 4.74 Å². The van der Waals surface area contributed by atoms with Crippen molar-refractivity contribution < 1.29 is 17.5 Å². The van der Waals surface area contributed by atoms with Gasteiger partial charge in [-0.05, 0) is 73.2 Å². The fourth-order valence-corrected chi connectivity index (χ4v) is 4.56. The molecule has 0 amide bonds. The van der Waals surface area contributed by atoms with Gasteiger partial charge in [-0.1, -0.05) is 22.0 Å². The van der Waals surface area contributed by atoms with Crippen LogP contribution in [0, 0.1) is 24.1 Å². The number of nitrogens with zero attached hydrogens (tertiary/aromatic N) is 3. The smallest absolute Gasteiger partial charge is 0.269 e. The van der Waals surface area contributed by atoms with Crippen LogP contribution in [-0.2, 0) is 9.84 Å². The van der Waals surface area contributed by atoms with E-state index in [2.05, 4.69) is 20.9 Å². The maximum atomic E-state index is 13.3. The Morgan fingerprint density at radius 3 is 2.47 bits per heavy atom.